The van der Waals surface area contributed by atoms with Crippen LogP contribution in [0.15, 0.2) is 0 Å². The summed E-state index contributed by atoms with van der Waals surface area (Å²) in [6.45, 7) is 3.86. The monoisotopic (exact) mass is 389 g/mol. The summed E-state index contributed by atoms with van der Waals surface area (Å²) in [7, 11) is 0. The minimum Gasteiger partial charge on any atom is -0.381 e. The molecule has 1 amide bonds. The minimum absolute atomic E-state index is 0.00828. The Hall–Kier alpha value is -1.44. The highest BCUT2D eigenvalue weighted by molar-refractivity contribution is 5.78. The molecule has 0 aromatic carbocycles. The van der Waals surface area contributed by atoms with E-state index in [2.05, 4.69) is 20.4 Å². The number of aromatic nitrogens is 2. The van der Waals surface area contributed by atoms with Crippen molar-refractivity contribution >= 4 is 5.91 Å². The number of rotatable bonds is 4. The Morgan fingerprint density at radius 3 is 2.82 bits per heavy atom. The predicted octanol–water partition coefficient (Wildman–Crippen LogP) is 1.51. The number of nitrogens with two attached hydrogens (primary N) is 1. The number of hydrogen-bond acceptors (Lipinski definition) is 5. The molecule has 4 N–H and O–H groups in total. The topological polar surface area (TPSA) is 96.3 Å². The van der Waals surface area contributed by atoms with Crippen LogP contribution in [-0.4, -0.2) is 59.4 Å². The summed E-state index contributed by atoms with van der Waals surface area (Å²) in [5, 5.41) is 10.9. The van der Waals surface area contributed by atoms with Gasteiger partial charge in [0.25, 0.3) is 0 Å². The van der Waals surface area contributed by atoms with E-state index in [1.807, 2.05) is 0 Å². The third kappa shape index (κ3) is 4.75. The SMILES string of the molecule is N[C@H]1CC[C@@H](C(=O)NCc2n[nH]c3c2CCCCC3)CN(C2CCOCC2)C1. The lowest BCUT2D eigenvalue weighted by Gasteiger charge is -2.35. The molecule has 2 saturated heterocycles. The number of fused-ring (bicyclic) bond motifs is 1. The van der Waals surface area contributed by atoms with Crippen LogP contribution < -0.4 is 11.1 Å². The quantitative estimate of drug-likeness (QED) is 0.679. The van der Waals surface area contributed by atoms with Gasteiger partial charge in [0, 0.05) is 44.1 Å². The van der Waals surface area contributed by atoms with Gasteiger partial charge in [-0.15, -0.1) is 0 Å². The first-order chi connectivity index (χ1) is 13.7. The molecular formula is C21H35N5O2. The van der Waals surface area contributed by atoms with Crippen LogP contribution in [0.5, 0.6) is 0 Å². The molecule has 4 rings (SSSR count). The largest absolute Gasteiger partial charge is 0.381 e. The van der Waals surface area contributed by atoms with E-state index in [-0.39, 0.29) is 17.9 Å². The van der Waals surface area contributed by atoms with Crippen LogP contribution in [-0.2, 0) is 28.9 Å². The summed E-state index contributed by atoms with van der Waals surface area (Å²) in [4.78, 5) is 15.4. The number of H-pyrrole nitrogens is 1. The van der Waals surface area contributed by atoms with E-state index in [4.69, 9.17) is 10.5 Å². The maximum Gasteiger partial charge on any atom is 0.224 e. The van der Waals surface area contributed by atoms with Gasteiger partial charge in [-0.2, -0.15) is 5.10 Å². The smallest absolute Gasteiger partial charge is 0.224 e. The molecule has 2 fully saturated rings. The number of nitrogens with zero attached hydrogens (tertiary/aromatic N) is 2. The molecule has 0 saturated carbocycles. The number of likely N-dealkylation sites (tertiary alicyclic amines) is 1. The molecule has 1 aromatic rings. The second kappa shape index (κ2) is 9.37. The minimum atomic E-state index is 0.00828. The number of aryl methyl sites for hydroxylation is 1. The first kappa shape index (κ1) is 19.9. The maximum absolute atomic E-state index is 13.0. The predicted molar refractivity (Wildman–Crippen MR) is 108 cm³/mol. The number of nitrogens with one attached hydrogen (secondary N) is 2. The molecule has 0 spiro atoms. The fraction of sp³-hybridized carbons (Fsp3) is 0.810. The number of carbonyl (C=O) groups is 1. The number of hydrogen-bond donors (Lipinski definition) is 3. The average molecular weight is 390 g/mol. The summed E-state index contributed by atoms with van der Waals surface area (Å²) in [6.07, 6.45) is 9.74. The van der Waals surface area contributed by atoms with Gasteiger partial charge in [0.1, 0.15) is 0 Å². The van der Waals surface area contributed by atoms with E-state index < -0.39 is 0 Å². The third-order valence-corrected chi connectivity index (χ3v) is 6.71. The fourth-order valence-corrected chi connectivity index (χ4v) is 5.01. The summed E-state index contributed by atoms with van der Waals surface area (Å²) in [5.41, 5.74) is 9.95. The summed E-state index contributed by atoms with van der Waals surface area (Å²) >= 11 is 0. The van der Waals surface area contributed by atoms with Crippen molar-refractivity contribution < 1.29 is 9.53 Å². The first-order valence-corrected chi connectivity index (χ1v) is 11.1. The Balaban J connectivity index is 1.36. The summed E-state index contributed by atoms with van der Waals surface area (Å²) < 4.78 is 5.51. The van der Waals surface area contributed by atoms with E-state index in [1.165, 1.54) is 30.5 Å². The van der Waals surface area contributed by atoms with Crippen LogP contribution in [0.3, 0.4) is 0 Å². The Bertz CT molecular complexity index is 655. The average Bonchev–Trinajstić information content (AvgIpc) is 2.88. The highest BCUT2D eigenvalue weighted by Crippen LogP contribution is 2.24. The van der Waals surface area contributed by atoms with E-state index in [0.717, 1.165) is 70.5 Å². The van der Waals surface area contributed by atoms with E-state index in [1.54, 1.807) is 0 Å². The lowest BCUT2D eigenvalue weighted by molar-refractivity contribution is -0.126. The molecule has 1 aromatic heterocycles. The Morgan fingerprint density at radius 2 is 1.96 bits per heavy atom. The fourth-order valence-electron chi connectivity index (χ4n) is 5.01. The summed E-state index contributed by atoms with van der Waals surface area (Å²) in [6, 6.07) is 0.651. The van der Waals surface area contributed by atoms with Crippen LogP contribution in [0.2, 0.25) is 0 Å². The Labute approximate surface area is 167 Å². The maximum atomic E-state index is 13.0. The van der Waals surface area contributed by atoms with Crippen molar-refractivity contribution in [2.45, 2.75) is 76.4 Å². The van der Waals surface area contributed by atoms with Crippen molar-refractivity contribution in [2.24, 2.45) is 11.7 Å². The molecule has 0 unspecified atom stereocenters. The van der Waals surface area contributed by atoms with Crippen LogP contribution >= 0.6 is 0 Å². The molecule has 0 bridgehead atoms. The number of carbonyl (C=O) groups excluding carboxylic acids is 1. The standard InChI is InChI=1S/C21H35N5O2/c22-16-7-6-15(13-26(14-16)17-8-10-28-11-9-17)21(27)23-12-20-18-4-2-1-3-5-19(18)24-25-20/h15-17H,1-14,22H2,(H,23,27)(H,24,25)/t15-,16+/m1/s1. The van der Waals surface area contributed by atoms with Crippen LogP contribution in [0, 0.1) is 5.92 Å². The van der Waals surface area contributed by atoms with Crippen molar-refractivity contribution in [3.05, 3.63) is 17.0 Å². The van der Waals surface area contributed by atoms with E-state index in [9.17, 15) is 4.79 Å². The zero-order chi connectivity index (χ0) is 19.3. The van der Waals surface area contributed by atoms with Crippen LogP contribution in [0.25, 0.3) is 0 Å². The van der Waals surface area contributed by atoms with E-state index >= 15 is 0 Å². The highest BCUT2D eigenvalue weighted by Gasteiger charge is 2.31. The first-order valence-electron chi connectivity index (χ1n) is 11.1. The van der Waals surface area contributed by atoms with Gasteiger partial charge in [0.15, 0.2) is 0 Å². The zero-order valence-corrected chi connectivity index (χ0v) is 16.9. The molecule has 7 heteroatoms. The summed E-state index contributed by atoms with van der Waals surface area (Å²) in [5.74, 6) is 0.158. The second-order valence-corrected chi connectivity index (χ2v) is 8.74. The molecule has 156 valence electrons. The van der Waals surface area contributed by atoms with Crippen molar-refractivity contribution in [1.82, 2.24) is 20.4 Å². The Morgan fingerprint density at radius 1 is 1.14 bits per heavy atom. The Kier molecular flexibility index (Phi) is 6.65. The highest BCUT2D eigenvalue weighted by atomic mass is 16.5. The van der Waals surface area contributed by atoms with E-state index in [0.29, 0.717) is 12.6 Å². The van der Waals surface area contributed by atoms with Crippen molar-refractivity contribution in [1.29, 1.82) is 0 Å². The normalized spacial score (nSPS) is 27.6. The number of ether oxygens (including phenoxy) is 1. The van der Waals surface area contributed by atoms with Gasteiger partial charge in [-0.25, -0.2) is 0 Å². The zero-order valence-electron chi connectivity index (χ0n) is 16.9. The molecule has 0 radical (unpaired) electrons. The molecule has 28 heavy (non-hydrogen) atoms. The third-order valence-electron chi connectivity index (χ3n) is 6.71. The van der Waals surface area contributed by atoms with Gasteiger partial charge in [-0.05, 0) is 56.9 Å². The lowest BCUT2D eigenvalue weighted by atomic mass is 10.00. The van der Waals surface area contributed by atoms with Gasteiger partial charge in [-0.1, -0.05) is 6.42 Å². The van der Waals surface area contributed by atoms with Crippen molar-refractivity contribution in [3.63, 3.8) is 0 Å². The molecule has 3 heterocycles. The molecule has 2 aliphatic heterocycles. The molecule has 7 nitrogen and oxygen atoms in total. The molecule has 1 aliphatic carbocycles. The van der Waals surface area contributed by atoms with Gasteiger partial charge >= 0.3 is 0 Å². The van der Waals surface area contributed by atoms with Gasteiger partial charge in [-0.3, -0.25) is 14.8 Å². The molecule has 3 aliphatic rings. The van der Waals surface area contributed by atoms with Crippen molar-refractivity contribution in [3.8, 4) is 0 Å². The molecular weight excluding hydrogens is 354 g/mol. The van der Waals surface area contributed by atoms with Crippen molar-refractivity contribution in [2.75, 3.05) is 26.3 Å². The van der Waals surface area contributed by atoms with Gasteiger partial charge in [0.2, 0.25) is 5.91 Å². The number of amides is 1. The number of aromatic amines is 1. The van der Waals surface area contributed by atoms with Gasteiger partial charge in [0.05, 0.1) is 18.2 Å². The molecule has 2 atom stereocenters. The van der Waals surface area contributed by atoms with Crippen LogP contribution in [0.4, 0.5) is 0 Å². The second-order valence-electron chi connectivity index (χ2n) is 8.74. The lowest BCUT2D eigenvalue weighted by Crippen LogP contribution is -2.47. The van der Waals surface area contributed by atoms with Crippen LogP contribution in [0.1, 0.15) is 61.9 Å². The van der Waals surface area contributed by atoms with Gasteiger partial charge < -0.3 is 15.8 Å².